The number of hydrogen-bond acceptors (Lipinski definition) is 2. The predicted molar refractivity (Wildman–Crippen MR) is 102 cm³/mol. The summed E-state index contributed by atoms with van der Waals surface area (Å²) in [5, 5.41) is 8.40. The molecule has 0 radical (unpaired) electrons. The van der Waals surface area contributed by atoms with Crippen molar-refractivity contribution in [3.05, 3.63) is 95.7 Å². The molecule has 2 aromatic carbocycles. The summed E-state index contributed by atoms with van der Waals surface area (Å²) < 4.78 is 0. The second-order valence-electron chi connectivity index (χ2n) is 6.15. The number of hydrogen-bond donors (Lipinski definition) is 2. The Labute approximate surface area is 143 Å². The number of allylic oxidation sites excluding steroid dienone is 5. The first kappa shape index (κ1) is 16.0. The van der Waals surface area contributed by atoms with Crippen molar-refractivity contribution < 1.29 is 0 Å². The maximum atomic E-state index is 8.40. The average Bonchev–Trinajstić information content (AvgIpc) is 2.63. The van der Waals surface area contributed by atoms with E-state index >= 15 is 0 Å². The van der Waals surface area contributed by atoms with Gasteiger partial charge in [-0.05, 0) is 41.2 Å². The van der Waals surface area contributed by atoms with Crippen molar-refractivity contribution in [2.24, 2.45) is 11.7 Å². The second kappa shape index (κ2) is 7.14. The maximum Gasteiger partial charge on any atom is 0.0633 e. The van der Waals surface area contributed by atoms with Gasteiger partial charge in [0.15, 0.2) is 0 Å². The van der Waals surface area contributed by atoms with Gasteiger partial charge in [0.25, 0.3) is 0 Å². The van der Waals surface area contributed by atoms with E-state index in [0.717, 1.165) is 28.7 Å². The number of nitrogens with one attached hydrogen (secondary N) is 1. The summed E-state index contributed by atoms with van der Waals surface area (Å²) in [5.74, 6) is 0.398. The number of benzene rings is 2. The molecule has 2 nitrogen and oxygen atoms in total. The molecule has 1 unspecified atom stereocenters. The molecule has 0 aliphatic heterocycles. The fourth-order valence-electron chi connectivity index (χ4n) is 2.95. The monoisotopic (exact) mass is 314 g/mol. The highest BCUT2D eigenvalue weighted by Gasteiger charge is 2.13. The Morgan fingerprint density at radius 1 is 1.08 bits per heavy atom. The van der Waals surface area contributed by atoms with Crippen LogP contribution in [0.25, 0.3) is 11.1 Å². The van der Waals surface area contributed by atoms with Crippen LogP contribution >= 0.6 is 0 Å². The highest BCUT2D eigenvalue weighted by atomic mass is 14.6. The van der Waals surface area contributed by atoms with Crippen LogP contribution in [0.4, 0.5) is 0 Å². The standard InChI is InChI=1S/C22H22N2/c1-16-8-5-6-13-20(16)22(24)15-21(23)19-12-7-11-18(14-19)17-9-3-2-4-10-17/h2-7,9-16,23H,8,24H2,1H3/b22-15-,23-21?. The van der Waals surface area contributed by atoms with Crippen LogP contribution in [0.15, 0.2) is 90.2 Å². The minimum atomic E-state index is 0.398. The van der Waals surface area contributed by atoms with Crippen molar-refractivity contribution in [1.82, 2.24) is 0 Å². The Bertz CT molecular complexity index is 826. The molecule has 0 saturated heterocycles. The van der Waals surface area contributed by atoms with Crippen LogP contribution in [-0.4, -0.2) is 5.71 Å². The molecule has 0 fully saturated rings. The van der Waals surface area contributed by atoms with Crippen molar-refractivity contribution >= 4 is 5.71 Å². The quantitative estimate of drug-likeness (QED) is 0.759. The van der Waals surface area contributed by atoms with E-state index in [4.69, 9.17) is 11.1 Å². The van der Waals surface area contributed by atoms with Crippen molar-refractivity contribution in [3.63, 3.8) is 0 Å². The third kappa shape index (κ3) is 3.54. The molecule has 1 aliphatic rings. The molecule has 3 N–H and O–H groups in total. The third-order valence-electron chi connectivity index (χ3n) is 4.35. The van der Waals surface area contributed by atoms with E-state index in [2.05, 4.69) is 31.2 Å². The normalized spacial score (nSPS) is 17.5. The lowest BCUT2D eigenvalue weighted by atomic mass is 9.90. The summed E-state index contributed by atoms with van der Waals surface area (Å²) >= 11 is 0. The summed E-state index contributed by atoms with van der Waals surface area (Å²) in [5.41, 5.74) is 11.6. The minimum Gasteiger partial charge on any atom is -0.398 e. The summed E-state index contributed by atoms with van der Waals surface area (Å²) in [6.07, 6.45) is 9.00. The molecule has 0 amide bonds. The highest BCUT2D eigenvalue weighted by Crippen LogP contribution is 2.25. The smallest absolute Gasteiger partial charge is 0.0633 e. The molecule has 120 valence electrons. The fourth-order valence-corrected chi connectivity index (χ4v) is 2.95. The van der Waals surface area contributed by atoms with Crippen LogP contribution in [0.3, 0.4) is 0 Å². The first-order valence-electron chi connectivity index (χ1n) is 8.24. The third-order valence-corrected chi connectivity index (χ3v) is 4.35. The van der Waals surface area contributed by atoms with Crippen molar-refractivity contribution in [3.8, 4) is 11.1 Å². The van der Waals surface area contributed by atoms with E-state index in [9.17, 15) is 0 Å². The molecular weight excluding hydrogens is 292 g/mol. The fraction of sp³-hybridized carbons (Fsp3) is 0.136. The van der Waals surface area contributed by atoms with Crippen LogP contribution in [-0.2, 0) is 0 Å². The van der Waals surface area contributed by atoms with E-state index in [1.807, 2.05) is 48.6 Å². The summed E-state index contributed by atoms with van der Waals surface area (Å²) in [6, 6.07) is 18.3. The molecule has 24 heavy (non-hydrogen) atoms. The molecular formula is C22H22N2. The van der Waals surface area contributed by atoms with Crippen LogP contribution in [0.1, 0.15) is 18.9 Å². The van der Waals surface area contributed by atoms with Crippen molar-refractivity contribution in [2.45, 2.75) is 13.3 Å². The summed E-state index contributed by atoms with van der Waals surface area (Å²) in [7, 11) is 0. The molecule has 1 aliphatic carbocycles. The Morgan fingerprint density at radius 2 is 1.83 bits per heavy atom. The lowest BCUT2D eigenvalue weighted by Gasteiger charge is -2.17. The Balaban J connectivity index is 1.87. The van der Waals surface area contributed by atoms with Crippen LogP contribution < -0.4 is 5.73 Å². The molecule has 2 heteroatoms. The number of nitrogens with two attached hydrogens (primary N) is 1. The average molecular weight is 314 g/mol. The maximum absolute atomic E-state index is 8.40. The molecule has 2 aromatic rings. The zero-order valence-corrected chi connectivity index (χ0v) is 13.9. The Hall–Kier alpha value is -2.87. The van der Waals surface area contributed by atoms with Crippen LogP contribution in [0, 0.1) is 11.3 Å². The Kier molecular flexibility index (Phi) is 4.76. The lowest BCUT2D eigenvalue weighted by Crippen LogP contribution is -2.12. The van der Waals surface area contributed by atoms with Gasteiger partial charge < -0.3 is 11.1 Å². The van der Waals surface area contributed by atoms with Gasteiger partial charge in [0.05, 0.1) is 5.71 Å². The highest BCUT2D eigenvalue weighted by molar-refractivity contribution is 6.07. The molecule has 0 saturated carbocycles. The molecule has 0 heterocycles. The lowest BCUT2D eigenvalue weighted by molar-refractivity contribution is 0.692. The first-order chi connectivity index (χ1) is 11.6. The van der Waals surface area contributed by atoms with Gasteiger partial charge in [-0.2, -0.15) is 0 Å². The zero-order valence-electron chi connectivity index (χ0n) is 13.9. The van der Waals surface area contributed by atoms with Gasteiger partial charge in [-0.15, -0.1) is 0 Å². The molecule has 0 spiro atoms. The van der Waals surface area contributed by atoms with Crippen molar-refractivity contribution in [2.75, 3.05) is 0 Å². The zero-order chi connectivity index (χ0) is 16.9. The predicted octanol–water partition coefficient (Wildman–Crippen LogP) is 5.09. The minimum absolute atomic E-state index is 0.398. The van der Waals surface area contributed by atoms with Gasteiger partial charge in [-0.1, -0.05) is 73.7 Å². The van der Waals surface area contributed by atoms with Gasteiger partial charge in [-0.3, -0.25) is 0 Å². The molecule has 3 rings (SSSR count). The SMILES string of the molecule is CC1CC=CC=C1/C(N)=C/C(=N)c1cccc(-c2ccccc2)c1. The van der Waals surface area contributed by atoms with Gasteiger partial charge in [0.1, 0.15) is 0 Å². The van der Waals surface area contributed by atoms with E-state index in [-0.39, 0.29) is 0 Å². The van der Waals surface area contributed by atoms with Gasteiger partial charge in [-0.25, -0.2) is 0 Å². The molecule has 0 bridgehead atoms. The second-order valence-corrected chi connectivity index (χ2v) is 6.15. The summed E-state index contributed by atoms with van der Waals surface area (Å²) in [4.78, 5) is 0. The van der Waals surface area contributed by atoms with E-state index in [1.54, 1.807) is 6.08 Å². The topological polar surface area (TPSA) is 49.9 Å². The summed E-state index contributed by atoms with van der Waals surface area (Å²) in [6.45, 7) is 2.16. The largest absolute Gasteiger partial charge is 0.398 e. The van der Waals surface area contributed by atoms with Crippen LogP contribution in [0.5, 0.6) is 0 Å². The first-order valence-corrected chi connectivity index (χ1v) is 8.24. The van der Waals surface area contributed by atoms with Gasteiger partial charge >= 0.3 is 0 Å². The Morgan fingerprint density at radius 3 is 2.58 bits per heavy atom. The van der Waals surface area contributed by atoms with Gasteiger partial charge in [0, 0.05) is 11.3 Å². The van der Waals surface area contributed by atoms with Crippen LogP contribution in [0.2, 0.25) is 0 Å². The van der Waals surface area contributed by atoms with Gasteiger partial charge in [0.2, 0.25) is 0 Å². The van der Waals surface area contributed by atoms with E-state index in [0.29, 0.717) is 17.3 Å². The van der Waals surface area contributed by atoms with Crippen molar-refractivity contribution in [1.29, 1.82) is 5.41 Å². The number of rotatable bonds is 4. The molecule has 1 atom stereocenters. The molecule has 0 aromatic heterocycles. The van der Waals surface area contributed by atoms with E-state index < -0.39 is 0 Å². The van der Waals surface area contributed by atoms with E-state index in [1.165, 1.54) is 0 Å².